The number of imidazole rings is 1. The van der Waals surface area contributed by atoms with Crippen molar-refractivity contribution in [2.75, 3.05) is 12.9 Å². The quantitative estimate of drug-likeness (QED) is 0.397. The Bertz CT molecular complexity index is 1070. The Morgan fingerprint density at radius 2 is 1.75 bits per heavy atom. The van der Waals surface area contributed by atoms with Crippen molar-refractivity contribution in [2.24, 2.45) is 0 Å². The highest BCUT2D eigenvalue weighted by Crippen LogP contribution is 2.22. The first-order valence-electron chi connectivity index (χ1n) is 9.80. The fourth-order valence-corrected chi connectivity index (χ4v) is 3.35. The SMILES string of the molecule is CCOc1ccc(O[C@H](C)C(=O)NNC(=O)c2cnc(SC)n2-c2ccc(F)cc2)cc1. The van der Waals surface area contributed by atoms with Crippen LogP contribution >= 0.6 is 11.8 Å². The van der Waals surface area contributed by atoms with Crippen LogP contribution in [0.2, 0.25) is 0 Å². The largest absolute Gasteiger partial charge is 0.494 e. The van der Waals surface area contributed by atoms with Gasteiger partial charge in [-0.1, -0.05) is 11.8 Å². The lowest BCUT2D eigenvalue weighted by molar-refractivity contribution is -0.128. The molecule has 0 aliphatic carbocycles. The normalized spacial score (nSPS) is 11.5. The van der Waals surface area contributed by atoms with Crippen LogP contribution in [-0.4, -0.2) is 40.3 Å². The van der Waals surface area contributed by atoms with E-state index < -0.39 is 17.9 Å². The smallest absolute Gasteiger partial charge is 0.288 e. The molecule has 2 aromatic carbocycles. The van der Waals surface area contributed by atoms with Crippen molar-refractivity contribution >= 4 is 23.6 Å². The van der Waals surface area contributed by atoms with Gasteiger partial charge in [0.05, 0.1) is 12.8 Å². The first-order chi connectivity index (χ1) is 15.4. The van der Waals surface area contributed by atoms with Crippen molar-refractivity contribution in [1.29, 1.82) is 0 Å². The summed E-state index contributed by atoms with van der Waals surface area (Å²) in [5, 5.41) is 0.542. The van der Waals surface area contributed by atoms with Crippen LogP contribution in [0.4, 0.5) is 4.39 Å². The molecule has 32 heavy (non-hydrogen) atoms. The van der Waals surface area contributed by atoms with Crippen molar-refractivity contribution in [3.8, 4) is 17.2 Å². The van der Waals surface area contributed by atoms with E-state index in [4.69, 9.17) is 9.47 Å². The Kier molecular flexibility index (Phi) is 7.72. The monoisotopic (exact) mass is 458 g/mol. The predicted octanol–water partition coefficient (Wildman–Crippen LogP) is 3.36. The summed E-state index contributed by atoms with van der Waals surface area (Å²) in [6.45, 7) is 4.00. The molecule has 0 aliphatic rings. The van der Waals surface area contributed by atoms with Gasteiger partial charge in [0.25, 0.3) is 11.8 Å². The van der Waals surface area contributed by atoms with Crippen LogP contribution in [0.25, 0.3) is 5.69 Å². The van der Waals surface area contributed by atoms with Crippen molar-refractivity contribution < 1.29 is 23.5 Å². The minimum Gasteiger partial charge on any atom is -0.494 e. The van der Waals surface area contributed by atoms with Crippen LogP contribution in [-0.2, 0) is 4.79 Å². The second kappa shape index (κ2) is 10.7. The number of hydrogen-bond acceptors (Lipinski definition) is 6. The van der Waals surface area contributed by atoms with E-state index in [2.05, 4.69) is 15.8 Å². The third-order valence-corrected chi connectivity index (χ3v) is 5.00. The average molecular weight is 459 g/mol. The van der Waals surface area contributed by atoms with Crippen LogP contribution < -0.4 is 20.3 Å². The molecule has 8 nitrogen and oxygen atoms in total. The van der Waals surface area contributed by atoms with E-state index in [0.717, 1.165) is 0 Å². The van der Waals surface area contributed by atoms with Crippen molar-refractivity contribution in [1.82, 2.24) is 20.4 Å². The summed E-state index contributed by atoms with van der Waals surface area (Å²) in [5.74, 6) is -0.318. The molecule has 0 aliphatic heterocycles. The molecule has 0 radical (unpaired) electrons. The van der Waals surface area contributed by atoms with Gasteiger partial charge in [0, 0.05) is 5.69 Å². The molecule has 1 atom stereocenters. The molecule has 0 saturated heterocycles. The lowest BCUT2D eigenvalue weighted by atomic mass is 10.3. The zero-order chi connectivity index (χ0) is 23.1. The molecule has 168 valence electrons. The van der Waals surface area contributed by atoms with E-state index in [-0.39, 0.29) is 11.5 Å². The third kappa shape index (κ3) is 5.58. The van der Waals surface area contributed by atoms with Gasteiger partial charge in [0.2, 0.25) is 0 Å². The van der Waals surface area contributed by atoms with Crippen molar-refractivity contribution in [3.63, 3.8) is 0 Å². The fourth-order valence-electron chi connectivity index (χ4n) is 2.80. The number of thioether (sulfide) groups is 1. The number of hydrogen-bond donors (Lipinski definition) is 2. The Hall–Kier alpha value is -3.53. The van der Waals surface area contributed by atoms with Crippen LogP contribution in [0.15, 0.2) is 59.9 Å². The van der Waals surface area contributed by atoms with E-state index in [1.165, 1.54) is 30.1 Å². The molecule has 3 rings (SSSR count). The minimum absolute atomic E-state index is 0.182. The van der Waals surface area contributed by atoms with Crippen LogP contribution in [0, 0.1) is 5.82 Å². The molecule has 1 aromatic heterocycles. The minimum atomic E-state index is -0.864. The maximum Gasteiger partial charge on any atom is 0.288 e. The molecule has 0 unspecified atom stereocenters. The van der Waals surface area contributed by atoms with Crippen LogP contribution in [0.1, 0.15) is 24.3 Å². The number of carbonyl (C=O) groups excluding carboxylic acids is 2. The number of aromatic nitrogens is 2. The Morgan fingerprint density at radius 1 is 1.09 bits per heavy atom. The first-order valence-corrected chi connectivity index (χ1v) is 11.0. The van der Waals surface area contributed by atoms with Gasteiger partial charge < -0.3 is 9.47 Å². The van der Waals surface area contributed by atoms with E-state index in [0.29, 0.717) is 28.9 Å². The molecule has 0 fully saturated rings. The number of amides is 2. The van der Waals surface area contributed by atoms with E-state index in [1.54, 1.807) is 47.9 Å². The molecule has 3 aromatic rings. The number of carbonyl (C=O) groups is 2. The molecule has 0 saturated carbocycles. The Morgan fingerprint density at radius 3 is 2.38 bits per heavy atom. The van der Waals surface area contributed by atoms with Crippen molar-refractivity contribution in [3.05, 3.63) is 66.2 Å². The predicted molar refractivity (Wildman–Crippen MR) is 119 cm³/mol. The standard InChI is InChI=1S/C22H23FN4O4S/c1-4-30-17-9-11-18(12-10-17)31-14(2)20(28)25-26-21(29)19-13-24-22(32-3)27(19)16-7-5-15(23)6-8-16/h5-14H,4H2,1-3H3,(H,25,28)(H,26,29)/t14-/m1/s1. The third-order valence-electron chi connectivity index (χ3n) is 4.35. The second-order valence-corrected chi connectivity index (χ2v) is 7.32. The average Bonchev–Trinajstić information content (AvgIpc) is 3.23. The number of nitrogens with one attached hydrogen (secondary N) is 2. The van der Waals surface area contributed by atoms with Gasteiger partial charge in [-0.15, -0.1) is 0 Å². The Labute approximate surface area is 189 Å². The van der Waals surface area contributed by atoms with E-state index in [9.17, 15) is 14.0 Å². The topological polar surface area (TPSA) is 94.5 Å². The zero-order valence-corrected chi connectivity index (χ0v) is 18.6. The summed E-state index contributed by atoms with van der Waals surface area (Å²) >= 11 is 1.33. The van der Waals surface area contributed by atoms with Crippen molar-refractivity contribution in [2.45, 2.75) is 25.1 Å². The van der Waals surface area contributed by atoms with E-state index >= 15 is 0 Å². The van der Waals surface area contributed by atoms with Gasteiger partial charge in [0.15, 0.2) is 11.3 Å². The van der Waals surface area contributed by atoms with Gasteiger partial charge in [-0.3, -0.25) is 25.0 Å². The molecule has 0 bridgehead atoms. The highest BCUT2D eigenvalue weighted by atomic mass is 32.2. The maximum atomic E-state index is 13.3. The highest BCUT2D eigenvalue weighted by molar-refractivity contribution is 7.98. The fraction of sp³-hybridized carbons (Fsp3) is 0.227. The van der Waals surface area contributed by atoms with E-state index in [1.807, 2.05) is 13.2 Å². The van der Waals surface area contributed by atoms with Crippen LogP contribution in [0.5, 0.6) is 11.5 Å². The number of hydrazine groups is 1. The molecule has 2 amide bonds. The molecule has 2 N–H and O–H groups in total. The Balaban J connectivity index is 1.63. The maximum absolute atomic E-state index is 13.3. The lowest BCUT2D eigenvalue weighted by Crippen LogP contribution is -2.47. The lowest BCUT2D eigenvalue weighted by Gasteiger charge is -2.16. The van der Waals surface area contributed by atoms with Gasteiger partial charge in [-0.25, -0.2) is 9.37 Å². The number of rotatable bonds is 8. The summed E-state index contributed by atoms with van der Waals surface area (Å²) in [5.41, 5.74) is 5.47. The number of ether oxygens (including phenoxy) is 2. The van der Waals surface area contributed by atoms with Gasteiger partial charge >= 0.3 is 0 Å². The highest BCUT2D eigenvalue weighted by Gasteiger charge is 2.20. The molecule has 10 heteroatoms. The molecular formula is C22H23FN4O4S. The number of halogens is 1. The number of nitrogens with zero attached hydrogens (tertiary/aromatic N) is 2. The second-order valence-electron chi connectivity index (χ2n) is 6.55. The molecular weight excluding hydrogens is 435 g/mol. The van der Waals surface area contributed by atoms with Gasteiger partial charge in [0.1, 0.15) is 23.0 Å². The molecule has 0 spiro atoms. The zero-order valence-electron chi connectivity index (χ0n) is 17.8. The summed E-state index contributed by atoms with van der Waals surface area (Å²) in [6, 6.07) is 12.5. The van der Waals surface area contributed by atoms with Crippen LogP contribution in [0.3, 0.4) is 0 Å². The number of benzene rings is 2. The van der Waals surface area contributed by atoms with Gasteiger partial charge in [-0.05, 0) is 68.6 Å². The first kappa shape index (κ1) is 23.1. The molecule has 1 heterocycles. The summed E-state index contributed by atoms with van der Waals surface area (Å²) in [7, 11) is 0. The summed E-state index contributed by atoms with van der Waals surface area (Å²) in [4.78, 5) is 29.3. The summed E-state index contributed by atoms with van der Waals surface area (Å²) < 4.78 is 25.8. The van der Waals surface area contributed by atoms with Gasteiger partial charge in [-0.2, -0.15) is 0 Å². The summed E-state index contributed by atoms with van der Waals surface area (Å²) in [6.07, 6.45) is 2.33.